The van der Waals surface area contributed by atoms with E-state index in [1.54, 1.807) is 11.3 Å². The zero-order chi connectivity index (χ0) is 12.7. The number of thiophene rings is 1. The lowest BCUT2D eigenvalue weighted by Crippen LogP contribution is -2.35. The van der Waals surface area contributed by atoms with Crippen molar-refractivity contribution in [3.8, 4) is 0 Å². The first-order chi connectivity index (χ1) is 8.08. The Labute approximate surface area is 108 Å². The van der Waals surface area contributed by atoms with E-state index in [0.717, 1.165) is 18.2 Å². The minimum absolute atomic E-state index is 0.0354. The van der Waals surface area contributed by atoms with Gasteiger partial charge in [-0.2, -0.15) is 11.3 Å². The van der Waals surface area contributed by atoms with Gasteiger partial charge in [0, 0.05) is 6.04 Å². The molecule has 0 saturated carbocycles. The third-order valence-corrected chi connectivity index (χ3v) is 3.64. The molecule has 6 heteroatoms. The number of carboxylic acid groups (broad SMARTS) is 1. The largest absolute Gasteiger partial charge is 0.481 e. The molecule has 2 N–H and O–H groups in total. The lowest BCUT2D eigenvalue weighted by atomic mass is 10.1. The smallest absolute Gasteiger partial charge is 0.313 e. The Hall–Kier alpha value is -1.01. The average molecular weight is 273 g/mol. The monoisotopic (exact) mass is 273 g/mol. The van der Waals surface area contributed by atoms with Gasteiger partial charge in [-0.25, -0.2) is 0 Å². The molecule has 0 aliphatic rings. The summed E-state index contributed by atoms with van der Waals surface area (Å²) in [4.78, 5) is 21.7. The molecule has 0 aliphatic carbocycles. The molecule has 1 unspecified atom stereocenters. The van der Waals surface area contributed by atoms with E-state index in [2.05, 4.69) is 10.7 Å². The molecule has 0 spiro atoms. The maximum Gasteiger partial charge on any atom is 0.313 e. The lowest BCUT2D eigenvalue weighted by molar-refractivity contribution is -0.133. The lowest BCUT2D eigenvalue weighted by Gasteiger charge is -2.12. The van der Waals surface area contributed by atoms with Crippen molar-refractivity contribution in [2.75, 3.05) is 11.5 Å². The Morgan fingerprint density at radius 2 is 2.29 bits per heavy atom. The van der Waals surface area contributed by atoms with Crippen LogP contribution >= 0.6 is 23.1 Å². The number of rotatable bonds is 7. The minimum Gasteiger partial charge on any atom is -0.481 e. The normalized spacial score (nSPS) is 12.1. The highest BCUT2D eigenvalue weighted by Gasteiger charge is 2.09. The first-order valence-electron chi connectivity index (χ1n) is 5.18. The summed E-state index contributed by atoms with van der Waals surface area (Å²) < 4.78 is 0. The van der Waals surface area contributed by atoms with E-state index in [1.807, 2.05) is 18.4 Å². The van der Waals surface area contributed by atoms with E-state index in [1.165, 1.54) is 5.56 Å². The van der Waals surface area contributed by atoms with Crippen molar-refractivity contribution in [1.82, 2.24) is 5.32 Å². The fourth-order valence-corrected chi connectivity index (χ4v) is 2.59. The molecule has 0 aromatic carbocycles. The highest BCUT2D eigenvalue weighted by Crippen LogP contribution is 2.08. The zero-order valence-electron chi connectivity index (χ0n) is 9.51. The van der Waals surface area contributed by atoms with Gasteiger partial charge in [0.1, 0.15) is 0 Å². The van der Waals surface area contributed by atoms with Crippen LogP contribution in [0.2, 0.25) is 0 Å². The Morgan fingerprint density at radius 1 is 1.53 bits per heavy atom. The van der Waals surface area contributed by atoms with Crippen LogP contribution in [0.1, 0.15) is 12.5 Å². The number of thioether (sulfide) groups is 1. The number of aliphatic carboxylic acids is 1. The molecule has 0 radical (unpaired) electrons. The van der Waals surface area contributed by atoms with Gasteiger partial charge < -0.3 is 10.4 Å². The third kappa shape index (κ3) is 6.33. The number of amides is 1. The molecule has 1 aromatic heterocycles. The molecule has 1 amide bonds. The van der Waals surface area contributed by atoms with Gasteiger partial charge in [-0.15, -0.1) is 11.8 Å². The Bertz CT molecular complexity index is 365. The maximum absolute atomic E-state index is 11.4. The van der Waals surface area contributed by atoms with Crippen LogP contribution in [0, 0.1) is 0 Å². The van der Waals surface area contributed by atoms with Gasteiger partial charge in [0.2, 0.25) is 5.91 Å². The third-order valence-electron chi connectivity index (χ3n) is 1.99. The van der Waals surface area contributed by atoms with Crippen LogP contribution in [0.25, 0.3) is 0 Å². The molecular formula is C11H15NO3S2. The summed E-state index contributed by atoms with van der Waals surface area (Å²) in [5.74, 6) is -0.847. The number of hydrogen-bond donors (Lipinski definition) is 2. The average Bonchev–Trinajstić information content (AvgIpc) is 2.69. The van der Waals surface area contributed by atoms with Crippen LogP contribution in [0.5, 0.6) is 0 Å². The minimum atomic E-state index is -0.894. The molecule has 1 aromatic rings. The number of carbonyl (C=O) groups excluding carboxylic acids is 1. The molecule has 1 rings (SSSR count). The highest BCUT2D eigenvalue weighted by molar-refractivity contribution is 8.00. The molecule has 94 valence electrons. The van der Waals surface area contributed by atoms with Crippen LogP contribution in [0.15, 0.2) is 16.8 Å². The number of nitrogens with one attached hydrogen (secondary N) is 1. The Kier molecular flexibility index (Phi) is 6.07. The quantitative estimate of drug-likeness (QED) is 0.792. The predicted molar refractivity (Wildman–Crippen MR) is 70.6 cm³/mol. The van der Waals surface area contributed by atoms with Crippen molar-refractivity contribution in [3.63, 3.8) is 0 Å². The summed E-state index contributed by atoms with van der Waals surface area (Å²) in [5, 5.41) is 15.3. The molecule has 0 bridgehead atoms. The molecule has 1 heterocycles. The second-order valence-corrected chi connectivity index (χ2v) is 5.46. The molecule has 0 fully saturated rings. The summed E-state index contributed by atoms with van der Waals surface area (Å²) in [6, 6.07) is 2.11. The number of carbonyl (C=O) groups is 2. The van der Waals surface area contributed by atoms with Gasteiger partial charge in [0.25, 0.3) is 0 Å². The molecule has 17 heavy (non-hydrogen) atoms. The van der Waals surface area contributed by atoms with Crippen LogP contribution in [0.3, 0.4) is 0 Å². The maximum atomic E-state index is 11.4. The van der Waals surface area contributed by atoms with Crippen LogP contribution in [0.4, 0.5) is 0 Å². The van der Waals surface area contributed by atoms with Gasteiger partial charge in [-0.05, 0) is 35.7 Å². The Morgan fingerprint density at radius 3 is 2.88 bits per heavy atom. The Balaban J connectivity index is 2.19. The number of carboxylic acids is 1. The van der Waals surface area contributed by atoms with Crippen LogP contribution in [-0.4, -0.2) is 34.5 Å². The second-order valence-electron chi connectivity index (χ2n) is 3.69. The first kappa shape index (κ1) is 14.1. The summed E-state index contributed by atoms with van der Waals surface area (Å²) in [5.41, 5.74) is 1.21. The SMILES string of the molecule is CC(Cc1ccsc1)NC(=O)CSCC(=O)O. The van der Waals surface area contributed by atoms with E-state index in [-0.39, 0.29) is 23.5 Å². The molecule has 4 nitrogen and oxygen atoms in total. The van der Waals surface area contributed by atoms with E-state index in [9.17, 15) is 9.59 Å². The van der Waals surface area contributed by atoms with Crippen LogP contribution < -0.4 is 5.32 Å². The van der Waals surface area contributed by atoms with Crippen molar-refractivity contribution in [3.05, 3.63) is 22.4 Å². The van der Waals surface area contributed by atoms with Gasteiger partial charge in [0.15, 0.2) is 0 Å². The van der Waals surface area contributed by atoms with E-state index >= 15 is 0 Å². The predicted octanol–water partition coefficient (Wildman–Crippen LogP) is 1.61. The fraction of sp³-hybridized carbons (Fsp3) is 0.455. The standard InChI is InChI=1S/C11H15NO3S2/c1-8(4-9-2-3-16-5-9)12-10(13)6-17-7-11(14)15/h2-3,5,8H,4,6-7H2,1H3,(H,12,13)(H,14,15). The fourth-order valence-electron chi connectivity index (χ4n) is 1.36. The second kappa shape index (κ2) is 7.34. The van der Waals surface area contributed by atoms with Crippen molar-refractivity contribution in [2.45, 2.75) is 19.4 Å². The van der Waals surface area contributed by atoms with Gasteiger partial charge in [-0.1, -0.05) is 0 Å². The van der Waals surface area contributed by atoms with Crippen LogP contribution in [-0.2, 0) is 16.0 Å². The molecular weight excluding hydrogens is 258 g/mol. The van der Waals surface area contributed by atoms with Gasteiger partial charge in [0.05, 0.1) is 11.5 Å². The molecule has 0 saturated heterocycles. The number of hydrogen-bond acceptors (Lipinski definition) is 4. The summed E-state index contributed by atoms with van der Waals surface area (Å²) in [6.07, 6.45) is 0.804. The van der Waals surface area contributed by atoms with E-state index in [0.29, 0.717) is 0 Å². The molecule has 0 aliphatic heterocycles. The first-order valence-corrected chi connectivity index (χ1v) is 7.27. The summed E-state index contributed by atoms with van der Waals surface area (Å²) in [7, 11) is 0. The van der Waals surface area contributed by atoms with Crippen molar-refractivity contribution in [1.29, 1.82) is 0 Å². The van der Waals surface area contributed by atoms with E-state index in [4.69, 9.17) is 5.11 Å². The van der Waals surface area contributed by atoms with Crippen molar-refractivity contribution >= 4 is 35.0 Å². The van der Waals surface area contributed by atoms with Crippen molar-refractivity contribution < 1.29 is 14.7 Å². The molecule has 1 atom stereocenters. The summed E-state index contributed by atoms with van der Waals surface area (Å²) >= 11 is 2.75. The van der Waals surface area contributed by atoms with E-state index < -0.39 is 5.97 Å². The van der Waals surface area contributed by atoms with Gasteiger partial charge >= 0.3 is 5.97 Å². The zero-order valence-corrected chi connectivity index (χ0v) is 11.1. The highest BCUT2D eigenvalue weighted by atomic mass is 32.2. The topological polar surface area (TPSA) is 66.4 Å². The summed E-state index contributed by atoms with van der Waals surface area (Å²) in [6.45, 7) is 1.94. The van der Waals surface area contributed by atoms with Gasteiger partial charge in [-0.3, -0.25) is 9.59 Å². The van der Waals surface area contributed by atoms with Crippen molar-refractivity contribution in [2.24, 2.45) is 0 Å².